The number of carbonyl (C=O) groups is 1. The van der Waals surface area contributed by atoms with E-state index in [1.54, 1.807) is 13.0 Å². The minimum absolute atomic E-state index is 0.246. The Hall–Kier alpha value is -1.40. The van der Waals surface area contributed by atoms with Crippen LogP contribution in [0.2, 0.25) is 0 Å². The molecule has 0 bridgehead atoms. The van der Waals surface area contributed by atoms with Crippen LogP contribution >= 0.6 is 23.1 Å². The SMILES string of the molecule is Cc1cc(F)ccc1CSc1nc(C)c(C(=O)O)s1. The van der Waals surface area contributed by atoms with Crippen LogP contribution in [-0.2, 0) is 5.75 Å². The first-order chi connectivity index (χ1) is 8.97. The van der Waals surface area contributed by atoms with Gasteiger partial charge < -0.3 is 5.11 Å². The van der Waals surface area contributed by atoms with E-state index in [1.807, 2.05) is 6.92 Å². The lowest BCUT2D eigenvalue weighted by Crippen LogP contribution is -1.94. The van der Waals surface area contributed by atoms with Crippen LogP contribution in [0.1, 0.15) is 26.5 Å². The van der Waals surface area contributed by atoms with Gasteiger partial charge in [0.2, 0.25) is 0 Å². The summed E-state index contributed by atoms with van der Waals surface area (Å²) in [6.45, 7) is 3.54. The topological polar surface area (TPSA) is 50.2 Å². The number of thioether (sulfide) groups is 1. The lowest BCUT2D eigenvalue weighted by Gasteiger charge is -2.03. The summed E-state index contributed by atoms with van der Waals surface area (Å²) in [6, 6.07) is 4.67. The first-order valence-electron chi connectivity index (χ1n) is 5.56. The molecule has 0 saturated carbocycles. The van der Waals surface area contributed by atoms with Crippen molar-refractivity contribution in [3.63, 3.8) is 0 Å². The Morgan fingerprint density at radius 1 is 1.47 bits per heavy atom. The molecular weight excluding hydrogens is 285 g/mol. The van der Waals surface area contributed by atoms with Gasteiger partial charge in [-0.2, -0.15) is 0 Å². The van der Waals surface area contributed by atoms with Crippen molar-refractivity contribution in [2.24, 2.45) is 0 Å². The molecule has 1 N–H and O–H groups in total. The monoisotopic (exact) mass is 297 g/mol. The summed E-state index contributed by atoms with van der Waals surface area (Å²) in [5, 5.41) is 8.96. The van der Waals surface area contributed by atoms with Gasteiger partial charge in [0.1, 0.15) is 10.7 Å². The number of hydrogen-bond donors (Lipinski definition) is 1. The Labute approximate surface area is 118 Å². The fourth-order valence-corrected chi connectivity index (χ4v) is 3.70. The Bertz CT molecular complexity index is 625. The number of aryl methyl sites for hydroxylation is 2. The van der Waals surface area contributed by atoms with E-state index in [1.165, 1.54) is 35.2 Å². The Balaban J connectivity index is 2.10. The number of thiazole rings is 1. The third-order valence-electron chi connectivity index (χ3n) is 2.63. The van der Waals surface area contributed by atoms with Crippen molar-refractivity contribution in [2.75, 3.05) is 0 Å². The van der Waals surface area contributed by atoms with Crippen molar-refractivity contribution < 1.29 is 14.3 Å². The number of carboxylic acids is 1. The van der Waals surface area contributed by atoms with Gasteiger partial charge in [0.25, 0.3) is 0 Å². The number of halogens is 1. The third kappa shape index (κ3) is 3.33. The average molecular weight is 297 g/mol. The van der Waals surface area contributed by atoms with Gasteiger partial charge in [-0.15, -0.1) is 11.3 Å². The maximum atomic E-state index is 13.0. The van der Waals surface area contributed by atoms with Gasteiger partial charge in [-0.05, 0) is 37.1 Å². The molecule has 2 aromatic rings. The highest BCUT2D eigenvalue weighted by Gasteiger charge is 2.14. The largest absolute Gasteiger partial charge is 0.477 e. The van der Waals surface area contributed by atoms with Crippen molar-refractivity contribution >= 4 is 29.1 Å². The third-order valence-corrected chi connectivity index (χ3v) is 4.96. The van der Waals surface area contributed by atoms with Gasteiger partial charge in [0.15, 0.2) is 4.34 Å². The van der Waals surface area contributed by atoms with Crippen LogP contribution in [0.5, 0.6) is 0 Å². The van der Waals surface area contributed by atoms with Crippen LogP contribution in [0.15, 0.2) is 22.5 Å². The number of carboxylic acid groups (broad SMARTS) is 1. The van der Waals surface area contributed by atoms with Crippen LogP contribution in [0.3, 0.4) is 0 Å². The highest BCUT2D eigenvalue weighted by atomic mass is 32.2. The van der Waals surface area contributed by atoms with Crippen LogP contribution in [0.4, 0.5) is 4.39 Å². The molecule has 0 aliphatic heterocycles. The van der Waals surface area contributed by atoms with E-state index in [9.17, 15) is 9.18 Å². The second-order valence-corrected chi connectivity index (χ2v) is 6.28. The van der Waals surface area contributed by atoms with Crippen LogP contribution in [0, 0.1) is 19.7 Å². The van der Waals surface area contributed by atoms with Gasteiger partial charge in [-0.25, -0.2) is 14.2 Å². The lowest BCUT2D eigenvalue weighted by molar-refractivity contribution is 0.0701. The number of hydrogen-bond acceptors (Lipinski definition) is 4. The van der Waals surface area contributed by atoms with Crippen molar-refractivity contribution in [1.29, 1.82) is 0 Å². The minimum atomic E-state index is -0.945. The van der Waals surface area contributed by atoms with E-state index in [0.29, 0.717) is 11.4 Å². The molecule has 0 radical (unpaired) electrons. The molecule has 3 nitrogen and oxygen atoms in total. The highest BCUT2D eigenvalue weighted by molar-refractivity contribution is 8.00. The van der Waals surface area contributed by atoms with Gasteiger partial charge in [0, 0.05) is 5.75 Å². The number of rotatable bonds is 4. The average Bonchev–Trinajstić information content (AvgIpc) is 2.69. The number of aromatic nitrogens is 1. The molecule has 0 aliphatic rings. The van der Waals surface area contributed by atoms with Crippen molar-refractivity contribution in [3.05, 3.63) is 45.7 Å². The molecule has 100 valence electrons. The van der Waals surface area contributed by atoms with E-state index >= 15 is 0 Å². The maximum Gasteiger partial charge on any atom is 0.347 e. The number of benzene rings is 1. The molecule has 0 unspecified atom stereocenters. The normalized spacial score (nSPS) is 10.7. The zero-order valence-corrected chi connectivity index (χ0v) is 12.1. The molecule has 0 fully saturated rings. The highest BCUT2D eigenvalue weighted by Crippen LogP contribution is 2.30. The second kappa shape index (κ2) is 5.71. The molecule has 0 aliphatic carbocycles. The zero-order valence-electron chi connectivity index (χ0n) is 10.4. The number of aromatic carboxylic acids is 1. The molecule has 2 rings (SSSR count). The lowest BCUT2D eigenvalue weighted by atomic mass is 10.1. The van der Waals surface area contributed by atoms with E-state index in [2.05, 4.69) is 4.98 Å². The molecule has 1 heterocycles. The standard InChI is InChI=1S/C13H12FNO2S2/c1-7-5-10(14)4-3-9(7)6-18-13-15-8(2)11(19-13)12(16)17/h3-5H,6H2,1-2H3,(H,16,17). The van der Waals surface area contributed by atoms with E-state index in [-0.39, 0.29) is 10.7 Å². The Morgan fingerprint density at radius 3 is 2.79 bits per heavy atom. The van der Waals surface area contributed by atoms with Crippen molar-refractivity contribution in [2.45, 2.75) is 23.9 Å². The number of nitrogens with zero attached hydrogens (tertiary/aromatic N) is 1. The quantitative estimate of drug-likeness (QED) is 0.870. The smallest absolute Gasteiger partial charge is 0.347 e. The van der Waals surface area contributed by atoms with Crippen LogP contribution in [0.25, 0.3) is 0 Å². The second-order valence-electron chi connectivity index (χ2n) is 4.06. The Kier molecular flexibility index (Phi) is 4.21. The minimum Gasteiger partial charge on any atom is -0.477 e. The zero-order chi connectivity index (χ0) is 14.0. The fourth-order valence-electron chi connectivity index (χ4n) is 1.59. The Morgan fingerprint density at radius 2 is 2.21 bits per heavy atom. The summed E-state index contributed by atoms with van der Waals surface area (Å²) in [4.78, 5) is 15.4. The van der Waals surface area contributed by atoms with Crippen molar-refractivity contribution in [1.82, 2.24) is 4.98 Å². The molecule has 0 spiro atoms. The fraction of sp³-hybridized carbons (Fsp3) is 0.231. The van der Waals surface area contributed by atoms with E-state index < -0.39 is 5.97 Å². The van der Waals surface area contributed by atoms with Crippen LogP contribution in [-0.4, -0.2) is 16.1 Å². The molecule has 6 heteroatoms. The first kappa shape index (κ1) is 14.0. The van der Waals surface area contributed by atoms with Gasteiger partial charge in [-0.3, -0.25) is 0 Å². The summed E-state index contributed by atoms with van der Waals surface area (Å²) >= 11 is 2.64. The van der Waals surface area contributed by atoms with Crippen LogP contribution < -0.4 is 0 Å². The summed E-state index contributed by atoms with van der Waals surface area (Å²) < 4.78 is 13.7. The van der Waals surface area contributed by atoms with E-state index in [0.717, 1.165) is 15.5 Å². The molecule has 0 atom stereocenters. The molecule has 0 saturated heterocycles. The van der Waals surface area contributed by atoms with Gasteiger partial charge >= 0.3 is 5.97 Å². The van der Waals surface area contributed by atoms with Gasteiger partial charge in [0.05, 0.1) is 5.69 Å². The molecular formula is C13H12FNO2S2. The molecule has 1 aromatic heterocycles. The van der Waals surface area contributed by atoms with Crippen molar-refractivity contribution in [3.8, 4) is 0 Å². The molecule has 1 aromatic carbocycles. The van der Waals surface area contributed by atoms with E-state index in [4.69, 9.17) is 5.11 Å². The summed E-state index contributed by atoms with van der Waals surface area (Å²) in [6.07, 6.45) is 0. The summed E-state index contributed by atoms with van der Waals surface area (Å²) in [7, 11) is 0. The predicted octanol–water partition coefficient (Wildman–Crippen LogP) is 3.89. The predicted molar refractivity (Wildman–Crippen MR) is 74.5 cm³/mol. The summed E-state index contributed by atoms with van der Waals surface area (Å²) in [5.41, 5.74) is 2.45. The first-order valence-corrected chi connectivity index (χ1v) is 7.36. The van der Waals surface area contributed by atoms with Gasteiger partial charge in [-0.1, -0.05) is 17.8 Å². The molecule has 0 amide bonds. The summed E-state index contributed by atoms with van der Waals surface area (Å²) in [5.74, 6) is -0.540. The maximum absolute atomic E-state index is 13.0. The molecule has 19 heavy (non-hydrogen) atoms.